The molecule has 0 bridgehead atoms. The van der Waals surface area contributed by atoms with Gasteiger partial charge in [0.05, 0.1) is 12.7 Å². The van der Waals surface area contributed by atoms with E-state index < -0.39 is 12.7 Å². The molecule has 1 aromatic rings. The molecule has 0 aliphatic carbocycles. The van der Waals surface area contributed by atoms with Gasteiger partial charge < -0.3 is 10.6 Å². The Morgan fingerprint density at radius 2 is 2.22 bits per heavy atom. The first-order chi connectivity index (χ1) is 10.8. The number of hydrogen-bond acceptors (Lipinski definition) is 3. The third kappa shape index (κ3) is 6.47. The summed E-state index contributed by atoms with van der Waals surface area (Å²) in [5.74, 6) is 0.0708. The third-order valence-electron chi connectivity index (χ3n) is 3.78. The van der Waals surface area contributed by atoms with E-state index >= 15 is 0 Å². The van der Waals surface area contributed by atoms with Crippen LogP contribution in [0, 0.1) is 5.92 Å². The zero-order chi connectivity index (χ0) is 16.9. The quantitative estimate of drug-likeness (QED) is 0.821. The monoisotopic (exact) mass is 333 g/mol. The van der Waals surface area contributed by atoms with Gasteiger partial charge >= 0.3 is 12.2 Å². The number of aryl methyl sites for hydroxylation is 1. The average molecular weight is 333 g/mol. The molecular weight excluding hydrogens is 311 g/mol. The van der Waals surface area contributed by atoms with Crippen LogP contribution in [0.5, 0.6) is 0 Å². The van der Waals surface area contributed by atoms with Crippen molar-refractivity contribution in [1.82, 2.24) is 25.3 Å². The van der Waals surface area contributed by atoms with E-state index in [4.69, 9.17) is 0 Å². The van der Waals surface area contributed by atoms with Crippen molar-refractivity contribution in [3.63, 3.8) is 0 Å². The van der Waals surface area contributed by atoms with Crippen molar-refractivity contribution in [2.45, 2.75) is 19.0 Å². The Balaban J connectivity index is 1.58. The molecule has 2 amide bonds. The number of rotatable bonds is 6. The first kappa shape index (κ1) is 17.6. The number of halogens is 3. The van der Waals surface area contributed by atoms with Crippen LogP contribution in [-0.2, 0) is 13.5 Å². The second kappa shape index (κ2) is 7.67. The van der Waals surface area contributed by atoms with Crippen LogP contribution in [0.25, 0.3) is 0 Å². The predicted octanol–water partition coefficient (Wildman–Crippen LogP) is 1.15. The minimum atomic E-state index is -4.16. The summed E-state index contributed by atoms with van der Waals surface area (Å²) in [6.45, 7) is 0.806. The van der Waals surface area contributed by atoms with Gasteiger partial charge in [-0.05, 0) is 30.9 Å². The van der Waals surface area contributed by atoms with Gasteiger partial charge in [0.2, 0.25) is 0 Å². The summed E-state index contributed by atoms with van der Waals surface area (Å²) < 4.78 is 38.6. The Morgan fingerprint density at radius 1 is 1.43 bits per heavy atom. The molecule has 1 aliphatic heterocycles. The van der Waals surface area contributed by atoms with E-state index in [9.17, 15) is 18.0 Å². The lowest BCUT2D eigenvalue weighted by Gasteiger charge is -2.18. The number of urea groups is 1. The van der Waals surface area contributed by atoms with Gasteiger partial charge in [0.25, 0.3) is 0 Å². The molecule has 2 rings (SSSR count). The highest BCUT2D eigenvalue weighted by Crippen LogP contribution is 2.22. The summed E-state index contributed by atoms with van der Waals surface area (Å²) in [5.41, 5.74) is 1.03. The van der Waals surface area contributed by atoms with Gasteiger partial charge in [-0.3, -0.25) is 9.58 Å². The number of amides is 2. The van der Waals surface area contributed by atoms with Crippen molar-refractivity contribution in [1.29, 1.82) is 0 Å². The van der Waals surface area contributed by atoms with Gasteiger partial charge in [-0.25, -0.2) is 4.79 Å². The van der Waals surface area contributed by atoms with Crippen LogP contribution in [0.2, 0.25) is 0 Å². The zero-order valence-electron chi connectivity index (χ0n) is 13.1. The summed E-state index contributed by atoms with van der Waals surface area (Å²) in [5, 5.41) is 9.49. The van der Waals surface area contributed by atoms with E-state index in [1.165, 1.54) is 4.90 Å². The number of aromatic nitrogens is 2. The van der Waals surface area contributed by atoms with E-state index in [1.807, 2.05) is 13.2 Å². The van der Waals surface area contributed by atoms with Crippen molar-refractivity contribution < 1.29 is 18.0 Å². The van der Waals surface area contributed by atoms with Gasteiger partial charge in [0.1, 0.15) is 0 Å². The van der Waals surface area contributed by atoms with Crippen molar-refractivity contribution in [3.8, 4) is 0 Å². The Labute approximate surface area is 133 Å². The summed E-state index contributed by atoms with van der Waals surface area (Å²) in [4.78, 5) is 13.1. The molecule has 1 fully saturated rings. The van der Waals surface area contributed by atoms with E-state index in [1.54, 1.807) is 10.9 Å². The van der Waals surface area contributed by atoms with Crippen LogP contribution in [-0.4, -0.2) is 59.6 Å². The number of nitrogens with zero attached hydrogens (tertiary/aromatic N) is 3. The second-order valence-corrected chi connectivity index (χ2v) is 5.91. The van der Waals surface area contributed by atoms with Crippen LogP contribution in [0.3, 0.4) is 0 Å². The van der Waals surface area contributed by atoms with Crippen LogP contribution in [0.4, 0.5) is 18.0 Å². The summed E-state index contributed by atoms with van der Waals surface area (Å²) in [6, 6.07) is -0.289. The Bertz CT molecular complexity index is 517. The third-order valence-corrected chi connectivity index (χ3v) is 3.78. The van der Waals surface area contributed by atoms with Crippen molar-refractivity contribution in [2.75, 3.05) is 32.7 Å². The molecule has 9 heteroatoms. The topological polar surface area (TPSA) is 62.2 Å². The lowest BCUT2D eigenvalue weighted by Crippen LogP contribution is -2.40. The number of hydrogen-bond donors (Lipinski definition) is 2. The van der Waals surface area contributed by atoms with Gasteiger partial charge in [0, 0.05) is 32.9 Å². The van der Waals surface area contributed by atoms with Gasteiger partial charge in [-0.2, -0.15) is 18.3 Å². The molecule has 1 aliphatic rings. The largest absolute Gasteiger partial charge is 0.401 e. The first-order valence-electron chi connectivity index (χ1n) is 7.60. The molecule has 2 N–H and O–H groups in total. The number of alkyl halides is 3. The van der Waals surface area contributed by atoms with Crippen LogP contribution >= 0.6 is 0 Å². The van der Waals surface area contributed by atoms with E-state index in [0.717, 1.165) is 5.56 Å². The summed E-state index contributed by atoms with van der Waals surface area (Å²) >= 11 is 0. The fraction of sp³-hybridized carbons (Fsp3) is 0.714. The molecule has 1 saturated heterocycles. The molecule has 130 valence electrons. The van der Waals surface area contributed by atoms with Crippen LogP contribution < -0.4 is 10.6 Å². The number of carbonyl (C=O) groups excluding carboxylic acids is 1. The van der Waals surface area contributed by atoms with Crippen LogP contribution in [0.1, 0.15) is 12.0 Å². The van der Waals surface area contributed by atoms with Gasteiger partial charge in [-0.15, -0.1) is 0 Å². The fourth-order valence-corrected chi connectivity index (χ4v) is 2.70. The van der Waals surface area contributed by atoms with Crippen molar-refractivity contribution >= 4 is 6.03 Å². The molecule has 0 unspecified atom stereocenters. The Hall–Kier alpha value is -1.77. The molecule has 6 nitrogen and oxygen atoms in total. The summed E-state index contributed by atoms with van der Waals surface area (Å²) in [6.07, 6.45) is 0.822. The highest BCUT2D eigenvalue weighted by atomic mass is 19.4. The standard InChI is InChI=1S/C14H22F3N5O/c1-21-8-11(7-20-21)2-4-18-13(23)19-6-12-3-5-22(9-12)10-14(15,16)17/h7-8,12H,2-6,9-10H2,1H3,(H2,18,19,23)/t12-/m1/s1. The average Bonchev–Trinajstić information content (AvgIpc) is 3.04. The minimum absolute atomic E-state index is 0.0708. The smallest absolute Gasteiger partial charge is 0.338 e. The molecule has 0 saturated carbocycles. The number of likely N-dealkylation sites (tertiary alicyclic amines) is 1. The van der Waals surface area contributed by atoms with E-state index in [0.29, 0.717) is 39.0 Å². The first-order valence-corrected chi connectivity index (χ1v) is 7.60. The number of nitrogens with one attached hydrogen (secondary N) is 2. The highest BCUT2D eigenvalue weighted by molar-refractivity contribution is 5.73. The lowest BCUT2D eigenvalue weighted by molar-refractivity contribution is -0.143. The molecule has 0 radical (unpaired) electrons. The molecular formula is C14H22F3N5O. The van der Waals surface area contributed by atoms with Crippen molar-refractivity contribution in [2.24, 2.45) is 13.0 Å². The normalized spacial score (nSPS) is 19.0. The van der Waals surface area contributed by atoms with E-state index in [-0.39, 0.29) is 11.9 Å². The maximum Gasteiger partial charge on any atom is 0.401 e. The lowest BCUT2D eigenvalue weighted by atomic mass is 10.1. The predicted molar refractivity (Wildman–Crippen MR) is 78.9 cm³/mol. The molecule has 0 spiro atoms. The fourth-order valence-electron chi connectivity index (χ4n) is 2.70. The molecule has 2 heterocycles. The molecule has 23 heavy (non-hydrogen) atoms. The van der Waals surface area contributed by atoms with Crippen molar-refractivity contribution in [3.05, 3.63) is 18.0 Å². The van der Waals surface area contributed by atoms with Gasteiger partial charge in [0.15, 0.2) is 0 Å². The molecule has 1 atom stereocenters. The Morgan fingerprint density at radius 3 is 2.87 bits per heavy atom. The Kier molecular flexibility index (Phi) is 5.86. The maximum absolute atomic E-state index is 12.3. The SMILES string of the molecule is Cn1cc(CCNC(=O)NC[C@H]2CCN(CC(F)(F)F)C2)cn1. The highest BCUT2D eigenvalue weighted by Gasteiger charge is 2.34. The zero-order valence-corrected chi connectivity index (χ0v) is 13.1. The molecule has 1 aromatic heterocycles. The summed E-state index contributed by atoms with van der Waals surface area (Å²) in [7, 11) is 1.83. The maximum atomic E-state index is 12.3. The number of carbonyl (C=O) groups is 1. The van der Waals surface area contributed by atoms with Gasteiger partial charge in [-0.1, -0.05) is 0 Å². The minimum Gasteiger partial charge on any atom is -0.338 e. The second-order valence-electron chi connectivity index (χ2n) is 5.91. The molecule has 0 aromatic carbocycles. The van der Waals surface area contributed by atoms with Crippen LogP contribution in [0.15, 0.2) is 12.4 Å². The van der Waals surface area contributed by atoms with E-state index in [2.05, 4.69) is 15.7 Å².